The van der Waals surface area contributed by atoms with Crippen LogP contribution in [0.4, 0.5) is 0 Å². The highest BCUT2D eigenvalue weighted by Crippen LogP contribution is 2.30. The number of methoxy groups -OCH3 is 2. The molecule has 4 rings (SSSR count). The van der Waals surface area contributed by atoms with Crippen LogP contribution in [-0.4, -0.2) is 57.2 Å². The van der Waals surface area contributed by atoms with E-state index in [0.29, 0.717) is 47.1 Å². The summed E-state index contributed by atoms with van der Waals surface area (Å²) in [6.45, 7) is 1.06. The number of H-pyrrole nitrogens is 1. The maximum absolute atomic E-state index is 13.2. The predicted octanol–water partition coefficient (Wildman–Crippen LogP) is 0.997. The van der Waals surface area contributed by atoms with Crippen LogP contribution in [0.3, 0.4) is 0 Å². The summed E-state index contributed by atoms with van der Waals surface area (Å²) in [5, 5.41) is 0. The molecule has 3 heterocycles. The number of hydrogen-bond donors (Lipinski definition) is 1. The zero-order valence-electron chi connectivity index (χ0n) is 18.0. The zero-order chi connectivity index (χ0) is 22.3. The highest BCUT2D eigenvalue weighted by Gasteiger charge is 2.29. The van der Waals surface area contributed by atoms with Crippen molar-refractivity contribution in [3.8, 4) is 11.5 Å². The number of carbonyl (C=O) groups excluding carboxylic acids is 1. The zero-order valence-corrected chi connectivity index (χ0v) is 18.0. The van der Waals surface area contributed by atoms with E-state index in [4.69, 9.17) is 9.47 Å². The molecule has 0 radical (unpaired) electrons. The summed E-state index contributed by atoms with van der Waals surface area (Å²) in [5.41, 5.74) is 0.235. The van der Waals surface area contributed by atoms with Gasteiger partial charge in [-0.15, -0.1) is 0 Å². The van der Waals surface area contributed by atoms with Crippen molar-refractivity contribution in [3.63, 3.8) is 0 Å². The first-order valence-corrected chi connectivity index (χ1v) is 10.0. The Bertz CT molecular complexity index is 1270. The van der Waals surface area contributed by atoms with E-state index in [1.165, 1.54) is 18.7 Å². The molecule has 1 aromatic carbocycles. The van der Waals surface area contributed by atoms with Gasteiger partial charge < -0.3 is 19.4 Å². The fourth-order valence-corrected chi connectivity index (χ4v) is 4.07. The van der Waals surface area contributed by atoms with Gasteiger partial charge in [-0.25, -0.2) is 9.78 Å². The number of nitrogens with one attached hydrogen (secondary N) is 1. The van der Waals surface area contributed by atoms with Crippen LogP contribution < -0.4 is 20.7 Å². The van der Waals surface area contributed by atoms with Crippen molar-refractivity contribution in [2.24, 2.45) is 14.1 Å². The number of ether oxygens (including phenoxy) is 2. The Hall–Kier alpha value is -3.56. The number of imidazole rings is 1. The minimum Gasteiger partial charge on any atom is -0.497 e. The number of benzene rings is 1. The van der Waals surface area contributed by atoms with Crippen molar-refractivity contribution in [1.29, 1.82) is 0 Å². The minimum atomic E-state index is -0.428. The Morgan fingerprint density at radius 2 is 1.94 bits per heavy atom. The number of aromatic nitrogens is 4. The molecule has 1 atom stereocenters. The van der Waals surface area contributed by atoms with E-state index in [1.54, 1.807) is 37.3 Å². The normalized spacial score (nSPS) is 16.5. The van der Waals surface area contributed by atoms with E-state index >= 15 is 0 Å². The molecule has 0 spiro atoms. The number of nitrogens with zero attached hydrogens (tertiary/aromatic N) is 4. The monoisotopic (exact) mass is 427 g/mol. The van der Waals surface area contributed by atoms with Crippen LogP contribution >= 0.6 is 0 Å². The maximum Gasteiger partial charge on any atom is 0.332 e. The average molecular weight is 427 g/mol. The first-order chi connectivity index (χ1) is 14.8. The summed E-state index contributed by atoms with van der Waals surface area (Å²) in [4.78, 5) is 47.3. The summed E-state index contributed by atoms with van der Waals surface area (Å²) in [7, 11) is 6.10. The molecule has 3 aromatic rings. The number of aryl methyl sites for hydroxylation is 1. The fraction of sp³-hybridized carbons (Fsp3) is 0.429. The molecule has 10 heteroatoms. The van der Waals surface area contributed by atoms with Crippen molar-refractivity contribution in [2.45, 2.75) is 18.8 Å². The Labute approximate surface area is 178 Å². The predicted molar refractivity (Wildman–Crippen MR) is 114 cm³/mol. The molecule has 1 saturated heterocycles. The fourth-order valence-electron chi connectivity index (χ4n) is 4.07. The second-order valence-corrected chi connectivity index (χ2v) is 7.68. The summed E-state index contributed by atoms with van der Waals surface area (Å²) in [6.07, 6.45) is 1.61. The molecule has 31 heavy (non-hydrogen) atoms. The Balaban J connectivity index is 1.64. The quantitative estimate of drug-likeness (QED) is 0.665. The van der Waals surface area contributed by atoms with Gasteiger partial charge in [0.05, 0.1) is 19.8 Å². The first kappa shape index (κ1) is 20.7. The first-order valence-electron chi connectivity index (χ1n) is 10.0. The molecule has 1 aliphatic rings. The van der Waals surface area contributed by atoms with E-state index in [0.717, 1.165) is 17.4 Å². The van der Waals surface area contributed by atoms with Crippen LogP contribution in [0.5, 0.6) is 11.5 Å². The summed E-state index contributed by atoms with van der Waals surface area (Å²) in [6, 6.07) is 5.11. The SMILES string of the molecule is COc1ccc(C(=O)N2CCCC(c3nc4c([nH]3)c(=O)n(C)c(=O)n4C)C2)c(OC)c1. The van der Waals surface area contributed by atoms with E-state index in [2.05, 4.69) is 9.97 Å². The van der Waals surface area contributed by atoms with Gasteiger partial charge in [0, 0.05) is 39.2 Å². The third-order valence-corrected chi connectivity index (χ3v) is 5.85. The smallest absolute Gasteiger partial charge is 0.332 e. The lowest BCUT2D eigenvalue weighted by atomic mass is 9.96. The Kier molecular flexibility index (Phi) is 5.30. The van der Waals surface area contributed by atoms with Gasteiger partial charge >= 0.3 is 5.69 Å². The number of fused-ring (bicyclic) bond motifs is 1. The van der Waals surface area contributed by atoms with Gasteiger partial charge in [0.15, 0.2) is 5.65 Å². The summed E-state index contributed by atoms with van der Waals surface area (Å²) in [5.74, 6) is 1.46. The van der Waals surface area contributed by atoms with Crippen LogP contribution in [0.15, 0.2) is 27.8 Å². The molecule has 1 N–H and O–H groups in total. The van der Waals surface area contributed by atoms with Gasteiger partial charge in [-0.2, -0.15) is 0 Å². The molecule has 1 fully saturated rings. The summed E-state index contributed by atoms with van der Waals surface area (Å²) < 4.78 is 13.0. The second kappa shape index (κ2) is 7.93. The topological polar surface area (TPSA) is 111 Å². The second-order valence-electron chi connectivity index (χ2n) is 7.68. The lowest BCUT2D eigenvalue weighted by molar-refractivity contribution is 0.0701. The van der Waals surface area contributed by atoms with Crippen LogP contribution in [0.25, 0.3) is 11.2 Å². The van der Waals surface area contributed by atoms with Gasteiger partial charge in [-0.1, -0.05) is 0 Å². The average Bonchev–Trinajstić information content (AvgIpc) is 3.26. The number of piperidine rings is 1. The van der Waals surface area contributed by atoms with Gasteiger partial charge in [0.1, 0.15) is 22.8 Å². The van der Waals surface area contributed by atoms with Crippen molar-refractivity contribution >= 4 is 17.1 Å². The molecular formula is C21H25N5O5. The number of likely N-dealkylation sites (tertiary alicyclic amines) is 1. The van der Waals surface area contributed by atoms with Crippen molar-refractivity contribution < 1.29 is 14.3 Å². The molecule has 164 valence electrons. The molecule has 0 saturated carbocycles. The molecule has 1 unspecified atom stereocenters. The molecule has 10 nitrogen and oxygen atoms in total. The van der Waals surface area contributed by atoms with Crippen molar-refractivity contribution in [2.75, 3.05) is 27.3 Å². The number of amides is 1. The van der Waals surface area contributed by atoms with E-state index in [9.17, 15) is 14.4 Å². The van der Waals surface area contributed by atoms with Gasteiger partial charge in [-0.05, 0) is 25.0 Å². The van der Waals surface area contributed by atoms with Crippen LogP contribution in [0, 0.1) is 0 Å². The summed E-state index contributed by atoms with van der Waals surface area (Å²) >= 11 is 0. The van der Waals surface area contributed by atoms with E-state index in [1.807, 2.05) is 0 Å². The number of hydrogen-bond acceptors (Lipinski definition) is 6. The van der Waals surface area contributed by atoms with Gasteiger partial charge in [0.25, 0.3) is 11.5 Å². The van der Waals surface area contributed by atoms with E-state index in [-0.39, 0.29) is 11.8 Å². The maximum atomic E-state index is 13.2. The number of carbonyl (C=O) groups is 1. The molecule has 0 aliphatic carbocycles. The highest BCUT2D eigenvalue weighted by atomic mass is 16.5. The number of aromatic amines is 1. The Morgan fingerprint density at radius 1 is 1.16 bits per heavy atom. The van der Waals surface area contributed by atoms with E-state index < -0.39 is 11.2 Å². The van der Waals surface area contributed by atoms with Crippen molar-refractivity contribution in [3.05, 3.63) is 50.4 Å². The molecule has 1 aliphatic heterocycles. The van der Waals surface area contributed by atoms with Gasteiger partial charge in [0.2, 0.25) is 0 Å². The molecule has 2 aromatic heterocycles. The van der Waals surface area contributed by atoms with Crippen molar-refractivity contribution in [1.82, 2.24) is 24.0 Å². The van der Waals surface area contributed by atoms with Gasteiger partial charge in [-0.3, -0.25) is 18.7 Å². The third kappa shape index (κ3) is 3.47. The lowest BCUT2D eigenvalue weighted by Gasteiger charge is -2.32. The molecule has 0 bridgehead atoms. The third-order valence-electron chi connectivity index (χ3n) is 5.85. The lowest BCUT2D eigenvalue weighted by Crippen LogP contribution is -2.39. The minimum absolute atomic E-state index is 0.0749. The van der Waals surface area contributed by atoms with Crippen LogP contribution in [0.2, 0.25) is 0 Å². The standard InChI is InChI=1S/C21H25N5O5/c1-24-18-16(20(28)25(2)21(24)29)22-17(23-18)12-6-5-9-26(11-12)19(27)14-8-7-13(30-3)10-15(14)31-4/h7-8,10,12H,5-6,9,11H2,1-4H3,(H,22,23). The van der Waals surface area contributed by atoms with Crippen LogP contribution in [0.1, 0.15) is 34.9 Å². The Morgan fingerprint density at radius 3 is 2.65 bits per heavy atom. The van der Waals surface area contributed by atoms with Crippen LogP contribution in [-0.2, 0) is 14.1 Å². The molecule has 1 amide bonds. The number of rotatable bonds is 4. The highest BCUT2D eigenvalue weighted by molar-refractivity contribution is 5.97. The molecular weight excluding hydrogens is 402 g/mol. The largest absolute Gasteiger partial charge is 0.497 e.